The summed E-state index contributed by atoms with van der Waals surface area (Å²) in [5, 5.41) is 16.8. The van der Waals surface area contributed by atoms with Crippen molar-refractivity contribution in [2.24, 2.45) is 0 Å². The van der Waals surface area contributed by atoms with E-state index in [-0.39, 0.29) is 12.1 Å². The SMILES string of the molecule is O=C(Nc1cn[nH]c1-c1ccccn1)N1CCCC[C@@H]1c1cn[nH]c1. The minimum absolute atomic E-state index is 0.0395. The van der Waals surface area contributed by atoms with Crippen LogP contribution < -0.4 is 5.32 Å². The van der Waals surface area contributed by atoms with E-state index in [1.165, 1.54) is 0 Å². The van der Waals surface area contributed by atoms with E-state index in [1.54, 1.807) is 18.6 Å². The van der Waals surface area contributed by atoms with Crippen molar-refractivity contribution in [3.63, 3.8) is 0 Å². The van der Waals surface area contributed by atoms with Crippen molar-refractivity contribution in [2.45, 2.75) is 25.3 Å². The summed E-state index contributed by atoms with van der Waals surface area (Å²) in [6, 6.07) is 5.52. The molecule has 3 N–H and O–H groups in total. The summed E-state index contributed by atoms with van der Waals surface area (Å²) in [5.74, 6) is 0. The molecule has 1 aliphatic rings. The molecule has 1 atom stereocenters. The number of carbonyl (C=O) groups excluding carboxylic acids is 1. The summed E-state index contributed by atoms with van der Waals surface area (Å²) in [6.07, 6.45) is 10.00. The number of aromatic nitrogens is 5. The molecule has 0 bridgehead atoms. The Morgan fingerprint density at radius 1 is 1.24 bits per heavy atom. The Morgan fingerprint density at radius 3 is 3.00 bits per heavy atom. The van der Waals surface area contributed by atoms with Gasteiger partial charge in [0.05, 0.1) is 29.8 Å². The van der Waals surface area contributed by atoms with Crippen LogP contribution in [0, 0.1) is 0 Å². The number of aromatic amines is 2. The summed E-state index contributed by atoms with van der Waals surface area (Å²) < 4.78 is 0. The molecule has 3 aromatic heterocycles. The van der Waals surface area contributed by atoms with E-state index in [0.29, 0.717) is 11.4 Å². The van der Waals surface area contributed by atoms with Gasteiger partial charge in [-0.3, -0.25) is 15.2 Å². The fraction of sp³-hybridized carbons (Fsp3) is 0.294. The molecule has 1 saturated heterocycles. The molecule has 4 rings (SSSR count). The summed E-state index contributed by atoms with van der Waals surface area (Å²) in [7, 11) is 0. The monoisotopic (exact) mass is 337 g/mol. The molecular weight excluding hydrogens is 318 g/mol. The lowest BCUT2D eigenvalue weighted by Crippen LogP contribution is -2.41. The lowest BCUT2D eigenvalue weighted by molar-refractivity contribution is 0.163. The first kappa shape index (κ1) is 15.4. The summed E-state index contributed by atoms with van der Waals surface area (Å²) in [4.78, 5) is 19.1. The zero-order valence-electron chi connectivity index (χ0n) is 13.6. The highest BCUT2D eigenvalue weighted by molar-refractivity contribution is 5.93. The van der Waals surface area contributed by atoms with Crippen molar-refractivity contribution in [3.05, 3.63) is 48.5 Å². The molecule has 8 heteroatoms. The highest BCUT2D eigenvalue weighted by atomic mass is 16.2. The molecule has 4 heterocycles. The number of nitrogens with zero attached hydrogens (tertiary/aromatic N) is 4. The van der Waals surface area contributed by atoms with E-state index in [9.17, 15) is 4.79 Å². The quantitative estimate of drug-likeness (QED) is 0.683. The number of amides is 2. The number of piperidine rings is 1. The maximum atomic E-state index is 12.9. The summed E-state index contributed by atoms with van der Waals surface area (Å²) in [6.45, 7) is 0.721. The first-order chi connectivity index (χ1) is 12.3. The normalized spacial score (nSPS) is 17.4. The van der Waals surface area contributed by atoms with Crippen molar-refractivity contribution >= 4 is 11.7 Å². The maximum Gasteiger partial charge on any atom is 0.322 e. The Morgan fingerprint density at radius 2 is 2.20 bits per heavy atom. The van der Waals surface area contributed by atoms with Crippen LogP contribution in [0.5, 0.6) is 0 Å². The van der Waals surface area contributed by atoms with Crippen molar-refractivity contribution in [3.8, 4) is 11.4 Å². The lowest BCUT2D eigenvalue weighted by atomic mass is 9.98. The number of likely N-dealkylation sites (tertiary alicyclic amines) is 1. The number of urea groups is 1. The molecule has 128 valence electrons. The molecule has 0 radical (unpaired) electrons. The van der Waals surface area contributed by atoms with Gasteiger partial charge in [-0.05, 0) is 31.4 Å². The molecular formula is C17H19N7O. The minimum Gasteiger partial charge on any atom is -0.317 e. The zero-order chi connectivity index (χ0) is 17.1. The number of carbonyl (C=O) groups is 1. The van der Waals surface area contributed by atoms with E-state index < -0.39 is 0 Å². The first-order valence-corrected chi connectivity index (χ1v) is 8.34. The molecule has 0 saturated carbocycles. The van der Waals surface area contributed by atoms with Crippen LogP contribution in [0.1, 0.15) is 30.9 Å². The van der Waals surface area contributed by atoms with Gasteiger partial charge in [0.25, 0.3) is 0 Å². The molecule has 0 aromatic carbocycles. The van der Waals surface area contributed by atoms with Crippen LogP contribution in [0.25, 0.3) is 11.4 Å². The Balaban J connectivity index is 1.55. The van der Waals surface area contributed by atoms with Crippen molar-refractivity contribution in [2.75, 3.05) is 11.9 Å². The van der Waals surface area contributed by atoms with Crippen molar-refractivity contribution < 1.29 is 4.79 Å². The number of rotatable bonds is 3. The number of nitrogens with one attached hydrogen (secondary N) is 3. The smallest absolute Gasteiger partial charge is 0.317 e. The highest BCUT2D eigenvalue weighted by Gasteiger charge is 2.29. The van der Waals surface area contributed by atoms with Gasteiger partial charge in [-0.2, -0.15) is 10.2 Å². The van der Waals surface area contributed by atoms with Gasteiger partial charge >= 0.3 is 6.03 Å². The summed E-state index contributed by atoms with van der Waals surface area (Å²) >= 11 is 0. The molecule has 25 heavy (non-hydrogen) atoms. The van der Waals surface area contributed by atoms with E-state index in [2.05, 4.69) is 30.7 Å². The number of pyridine rings is 1. The Bertz CT molecular complexity index is 828. The van der Waals surface area contributed by atoms with E-state index in [1.807, 2.05) is 29.3 Å². The van der Waals surface area contributed by atoms with Gasteiger partial charge in [-0.1, -0.05) is 6.07 Å². The fourth-order valence-corrected chi connectivity index (χ4v) is 3.24. The number of anilines is 1. The summed E-state index contributed by atoms with van der Waals surface area (Å²) in [5.41, 5.74) is 3.10. The van der Waals surface area contributed by atoms with Crippen LogP contribution >= 0.6 is 0 Å². The van der Waals surface area contributed by atoms with Crippen LogP contribution in [0.15, 0.2) is 43.0 Å². The van der Waals surface area contributed by atoms with Crippen molar-refractivity contribution in [1.82, 2.24) is 30.3 Å². The third-order valence-corrected chi connectivity index (χ3v) is 4.47. The van der Waals surface area contributed by atoms with E-state index in [0.717, 1.165) is 37.1 Å². The Hall–Kier alpha value is -3.16. The second kappa shape index (κ2) is 6.76. The number of hydrogen-bond acceptors (Lipinski definition) is 4. The lowest BCUT2D eigenvalue weighted by Gasteiger charge is -2.35. The number of H-pyrrole nitrogens is 2. The topological polar surface area (TPSA) is 103 Å². The average Bonchev–Trinajstić information content (AvgIpc) is 3.34. The second-order valence-electron chi connectivity index (χ2n) is 6.04. The van der Waals surface area contributed by atoms with Crippen molar-refractivity contribution in [1.29, 1.82) is 0 Å². The van der Waals surface area contributed by atoms with Crippen LogP contribution in [-0.2, 0) is 0 Å². The van der Waals surface area contributed by atoms with Gasteiger partial charge in [0.15, 0.2) is 0 Å². The van der Waals surface area contributed by atoms with Crippen LogP contribution in [-0.4, -0.2) is 42.9 Å². The van der Waals surface area contributed by atoms with Gasteiger partial charge in [0, 0.05) is 24.5 Å². The minimum atomic E-state index is -0.135. The van der Waals surface area contributed by atoms with Gasteiger partial charge in [0.2, 0.25) is 0 Å². The zero-order valence-corrected chi connectivity index (χ0v) is 13.6. The molecule has 0 spiro atoms. The number of hydrogen-bond donors (Lipinski definition) is 3. The van der Waals surface area contributed by atoms with Gasteiger partial charge in [-0.15, -0.1) is 0 Å². The first-order valence-electron chi connectivity index (χ1n) is 8.34. The molecule has 1 aliphatic heterocycles. The van der Waals surface area contributed by atoms with E-state index >= 15 is 0 Å². The second-order valence-corrected chi connectivity index (χ2v) is 6.04. The van der Waals surface area contributed by atoms with E-state index in [4.69, 9.17) is 0 Å². The average molecular weight is 337 g/mol. The Labute approximate surface area is 144 Å². The van der Waals surface area contributed by atoms with Crippen LogP contribution in [0.3, 0.4) is 0 Å². The van der Waals surface area contributed by atoms with Gasteiger partial charge in [0.1, 0.15) is 5.69 Å². The van der Waals surface area contributed by atoms with Gasteiger partial charge < -0.3 is 10.2 Å². The molecule has 0 aliphatic carbocycles. The Kier molecular flexibility index (Phi) is 4.16. The highest BCUT2D eigenvalue weighted by Crippen LogP contribution is 2.31. The molecule has 2 amide bonds. The van der Waals surface area contributed by atoms with Crippen LogP contribution in [0.2, 0.25) is 0 Å². The molecule has 3 aromatic rings. The van der Waals surface area contributed by atoms with Gasteiger partial charge in [-0.25, -0.2) is 4.79 Å². The fourth-order valence-electron chi connectivity index (χ4n) is 3.24. The third-order valence-electron chi connectivity index (χ3n) is 4.47. The van der Waals surface area contributed by atoms with Crippen LogP contribution in [0.4, 0.5) is 10.5 Å². The largest absolute Gasteiger partial charge is 0.322 e. The maximum absolute atomic E-state index is 12.9. The third kappa shape index (κ3) is 3.10. The predicted octanol–water partition coefficient (Wildman–Crippen LogP) is 2.95. The molecule has 0 unspecified atom stereocenters. The predicted molar refractivity (Wildman–Crippen MR) is 92.7 cm³/mol. The standard InChI is InChI=1S/C17H19N7O/c25-17(24-8-4-2-6-15(24)12-9-19-20-10-12)22-14-11-21-23-16(14)13-5-1-3-7-18-13/h1,3,5,7,9-11,15H,2,4,6,8H2,(H,19,20)(H,21,23)(H,22,25)/t15-/m1/s1. The molecule has 8 nitrogen and oxygen atoms in total. The molecule has 1 fully saturated rings.